The van der Waals surface area contributed by atoms with E-state index in [1.54, 1.807) is 0 Å². The molecule has 0 unspecified atom stereocenters. The van der Waals surface area contributed by atoms with Gasteiger partial charge < -0.3 is 10.1 Å². The van der Waals surface area contributed by atoms with Crippen molar-refractivity contribution in [2.45, 2.75) is 13.0 Å². The largest absolute Gasteiger partial charge is 0.391 e. The molecular weight excluding hydrogens is 248 g/mol. The Morgan fingerprint density at radius 2 is 2.23 bits per heavy atom. The van der Waals surface area contributed by atoms with Crippen LogP contribution in [0.4, 0.5) is 8.78 Å². The summed E-state index contributed by atoms with van der Waals surface area (Å²) in [5, 5.41) is 8.64. The van der Waals surface area contributed by atoms with Crippen molar-refractivity contribution in [2.24, 2.45) is 0 Å². The normalized spacial score (nSPS) is 10.8. The van der Waals surface area contributed by atoms with Crippen molar-refractivity contribution in [3.05, 3.63) is 32.2 Å². The number of rotatable bonds is 2. The lowest BCUT2D eigenvalue weighted by molar-refractivity contribution is 0.145. The van der Waals surface area contributed by atoms with E-state index in [0.717, 1.165) is 6.20 Å². The summed E-state index contributed by atoms with van der Waals surface area (Å²) in [5.41, 5.74) is -1.03. The van der Waals surface area contributed by atoms with Crippen molar-refractivity contribution >= 4 is 15.9 Å². The average molecular weight is 254 g/mol. The molecule has 0 amide bonds. The first-order valence-corrected chi connectivity index (χ1v) is 4.16. The minimum absolute atomic E-state index is 0.0521. The Balaban J connectivity index is 3.32. The smallest absolute Gasteiger partial charge is 0.279 e. The maximum atomic E-state index is 12.2. The summed E-state index contributed by atoms with van der Waals surface area (Å²) < 4.78 is 24.1. The molecule has 3 nitrogen and oxygen atoms in total. The molecular formula is C7H6BrF2NO2. The zero-order valence-corrected chi connectivity index (χ0v) is 7.94. The molecule has 0 saturated heterocycles. The van der Waals surface area contributed by atoms with Crippen LogP contribution in [-0.2, 0) is 6.61 Å². The van der Waals surface area contributed by atoms with E-state index < -0.39 is 24.2 Å². The second-order valence-corrected chi connectivity index (χ2v) is 3.12. The Labute approximate surface area is 80.5 Å². The standard InChI is InChI=1S/C7H6BrF2NO2/c8-4-5(7(9)10)11-1-3(2-12)6(4)13/h1,7,12H,2H2,(H,11,13). The second-order valence-electron chi connectivity index (χ2n) is 2.33. The van der Waals surface area contributed by atoms with E-state index in [0.29, 0.717) is 0 Å². The monoisotopic (exact) mass is 253 g/mol. The number of hydrogen-bond donors (Lipinski definition) is 2. The van der Waals surface area contributed by atoms with Crippen LogP contribution in [-0.4, -0.2) is 10.1 Å². The van der Waals surface area contributed by atoms with Crippen LogP contribution in [0.3, 0.4) is 0 Å². The summed E-state index contributed by atoms with van der Waals surface area (Å²) in [4.78, 5) is 13.4. The van der Waals surface area contributed by atoms with Crippen molar-refractivity contribution < 1.29 is 13.9 Å². The molecule has 13 heavy (non-hydrogen) atoms. The van der Waals surface area contributed by atoms with E-state index in [2.05, 4.69) is 20.9 Å². The van der Waals surface area contributed by atoms with Crippen molar-refractivity contribution in [2.75, 3.05) is 0 Å². The van der Waals surface area contributed by atoms with Crippen LogP contribution in [0.2, 0.25) is 0 Å². The van der Waals surface area contributed by atoms with Crippen LogP contribution in [0.1, 0.15) is 17.7 Å². The van der Waals surface area contributed by atoms with Crippen molar-refractivity contribution in [3.8, 4) is 0 Å². The van der Waals surface area contributed by atoms with Gasteiger partial charge in [-0.05, 0) is 15.9 Å². The lowest BCUT2D eigenvalue weighted by atomic mass is 10.2. The Hall–Kier alpha value is -0.750. The van der Waals surface area contributed by atoms with Gasteiger partial charge in [0, 0.05) is 11.8 Å². The van der Waals surface area contributed by atoms with Crippen LogP contribution in [0, 0.1) is 0 Å². The van der Waals surface area contributed by atoms with Gasteiger partial charge >= 0.3 is 0 Å². The van der Waals surface area contributed by atoms with Gasteiger partial charge in [0.1, 0.15) is 5.69 Å². The first-order chi connectivity index (χ1) is 6.07. The number of hydrogen-bond acceptors (Lipinski definition) is 2. The minimum Gasteiger partial charge on any atom is -0.391 e. The van der Waals surface area contributed by atoms with Crippen LogP contribution in [0.5, 0.6) is 0 Å². The third-order valence-corrected chi connectivity index (χ3v) is 2.31. The molecule has 0 atom stereocenters. The number of alkyl halides is 2. The van der Waals surface area contributed by atoms with Gasteiger partial charge in [-0.1, -0.05) is 0 Å². The van der Waals surface area contributed by atoms with Gasteiger partial charge in [0.15, 0.2) is 0 Å². The maximum absolute atomic E-state index is 12.2. The fraction of sp³-hybridized carbons (Fsp3) is 0.286. The van der Waals surface area contributed by atoms with Crippen LogP contribution < -0.4 is 5.43 Å². The zero-order chi connectivity index (χ0) is 10.0. The summed E-state index contributed by atoms with van der Waals surface area (Å²) in [6.45, 7) is -0.475. The van der Waals surface area contributed by atoms with Gasteiger partial charge in [-0.3, -0.25) is 4.79 Å². The molecule has 1 aromatic heterocycles. The first kappa shape index (κ1) is 10.3. The quantitative estimate of drug-likeness (QED) is 0.841. The van der Waals surface area contributed by atoms with Crippen molar-refractivity contribution in [1.29, 1.82) is 0 Å². The molecule has 0 aliphatic carbocycles. The van der Waals surface area contributed by atoms with E-state index >= 15 is 0 Å². The number of aliphatic hydroxyl groups is 1. The molecule has 0 saturated carbocycles. The topological polar surface area (TPSA) is 53.1 Å². The molecule has 1 heterocycles. The maximum Gasteiger partial charge on any atom is 0.279 e. The predicted molar refractivity (Wildman–Crippen MR) is 45.6 cm³/mol. The highest BCUT2D eigenvalue weighted by Gasteiger charge is 2.15. The van der Waals surface area contributed by atoms with Gasteiger partial charge in [-0.25, -0.2) is 8.78 Å². The third-order valence-electron chi connectivity index (χ3n) is 1.52. The molecule has 1 aromatic rings. The summed E-state index contributed by atoms with van der Waals surface area (Å²) in [6.07, 6.45) is -1.66. The first-order valence-electron chi connectivity index (χ1n) is 3.37. The summed E-state index contributed by atoms with van der Waals surface area (Å²) in [5.74, 6) is 0. The fourth-order valence-electron chi connectivity index (χ4n) is 0.833. The SMILES string of the molecule is O=c1c(CO)c[nH]c(C(F)F)c1Br. The minimum atomic E-state index is -2.74. The van der Waals surface area contributed by atoms with E-state index in [4.69, 9.17) is 5.11 Å². The third kappa shape index (κ3) is 1.94. The van der Waals surface area contributed by atoms with Crippen molar-refractivity contribution in [3.63, 3.8) is 0 Å². The molecule has 1 rings (SSSR count). The van der Waals surface area contributed by atoms with Gasteiger partial charge in [0.05, 0.1) is 11.1 Å². The molecule has 0 aromatic carbocycles. The molecule has 0 bridgehead atoms. The number of halogens is 3. The van der Waals surface area contributed by atoms with E-state index in [1.807, 2.05) is 0 Å². The Bertz CT molecular complexity index is 364. The van der Waals surface area contributed by atoms with E-state index in [9.17, 15) is 13.6 Å². The molecule has 72 valence electrons. The number of H-pyrrole nitrogens is 1. The fourth-order valence-corrected chi connectivity index (χ4v) is 1.38. The summed E-state index contributed by atoms with van der Waals surface area (Å²) in [7, 11) is 0. The Kier molecular flexibility index (Phi) is 3.16. The molecule has 0 radical (unpaired) electrons. The van der Waals surface area contributed by atoms with Gasteiger partial charge in [-0.2, -0.15) is 0 Å². The van der Waals surface area contributed by atoms with E-state index in [1.165, 1.54) is 0 Å². The molecule has 0 fully saturated rings. The van der Waals surface area contributed by atoms with Gasteiger partial charge in [-0.15, -0.1) is 0 Å². The lowest BCUT2D eigenvalue weighted by Gasteiger charge is -2.03. The number of aromatic nitrogens is 1. The number of aromatic amines is 1. The molecule has 6 heteroatoms. The lowest BCUT2D eigenvalue weighted by Crippen LogP contribution is -2.13. The Morgan fingerprint density at radius 1 is 1.62 bits per heavy atom. The molecule has 0 spiro atoms. The number of nitrogens with one attached hydrogen (secondary N) is 1. The van der Waals surface area contributed by atoms with Crippen LogP contribution >= 0.6 is 15.9 Å². The van der Waals surface area contributed by atoms with Gasteiger partial charge in [0.2, 0.25) is 5.43 Å². The highest BCUT2D eigenvalue weighted by Crippen LogP contribution is 2.22. The van der Waals surface area contributed by atoms with Crippen LogP contribution in [0.25, 0.3) is 0 Å². The highest BCUT2D eigenvalue weighted by atomic mass is 79.9. The van der Waals surface area contributed by atoms with E-state index in [-0.39, 0.29) is 10.0 Å². The van der Waals surface area contributed by atoms with Crippen molar-refractivity contribution in [1.82, 2.24) is 4.98 Å². The summed E-state index contributed by atoms with van der Waals surface area (Å²) in [6, 6.07) is 0. The second kappa shape index (κ2) is 3.97. The Morgan fingerprint density at radius 3 is 2.69 bits per heavy atom. The number of aliphatic hydroxyl groups excluding tert-OH is 1. The molecule has 2 N–H and O–H groups in total. The van der Waals surface area contributed by atoms with Crippen LogP contribution in [0.15, 0.2) is 15.5 Å². The molecule has 0 aliphatic heterocycles. The highest BCUT2D eigenvalue weighted by molar-refractivity contribution is 9.10. The number of pyridine rings is 1. The zero-order valence-electron chi connectivity index (χ0n) is 6.35. The average Bonchev–Trinajstić information content (AvgIpc) is 2.09. The molecule has 0 aliphatic rings. The summed E-state index contributed by atoms with van der Waals surface area (Å²) >= 11 is 2.74. The van der Waals surface area contributed by atoms with Gasteiger partial charge in [0.25, 0.3) is 6.43 Å². The predicted octanol–water partition coefficient (Wildman–Crippen LogP) is 1.57.